The number of carbonyl (C=O) groups is 1. The lowest BCUT2D eigenvalue weighted by molar-refractivity contribution is 0.0948. The predicted octanol–water partition coefficient (Wildman–Crippen LogP) is 1.20. The molecule has 5 heteroatoms. The number of hydrogen-bond acceptors (Lipinski definition) is 4. The summed E-state index contributed by atoms with van der Waals surface area (Å²) >= 11 is 0. The first-order chi connectivity index (χ1) is 9.76. The Morgan fingerprint density at radius 1 is 1.15 bits per heavy atom. The number of nitrogens with two attached hydrogens (primary N) is 1. The van der Waals surface area contributed by atoms with Crippen LogP contribution >= 0.6 is 0 Å². The highest BCUT2D eigenvalue weighted by Crippen LogP contribution is 2.23. The zero-order valence-corrected chi connectivity index (χ0v) is 11.0. The minimum Gasteiger partial charge on any atom is -0.289 e. The number of benzene rings is 1. The third-order valence-corrected chi connectivity index (χ3v) is 3.46. The number of nitrogens with zero attached hydrogens (tertiary/aromatic N) is 2. The smallest absolute Gasteiger partial charge is 0.283 e. The lowest BCUT2D eigenvalue weighted by Gasteiger charge is -2.14. The van der Waals surface area contributed by atoms with Crippen molar-refractivity contribution in [3.05, 3.63) is 65.0 Å². The molecule has 5 nitrogen and oxygen atoms in total. The third-order valence-electron chi connectivity index (χ3n) is 3.46. The maximum absolute atomic E-state index is 11.5. The van der Waals surface area contributed by atoms with Crippen molar-refractivity contribution < 1.29 is 4.79 Å². The van der Waals surface area contributed by atoms with Gasteiger partial charge in [0, 0.05) is 19.6 Å². The van der Waals surface area contributed by atoms with E-state index in [1.807, 2.05) is 12.1 Å². The highest BCUT2D eigenvalue weighted by Gasteiger charge is 2.18. The van der Waals surface area contributed by atoms with Crippen LogP contribution in [0, 0.1) is 0 Å². The summed E-state index contributed by atoms with van der Waals surface area (Å²) in [6, 6.07) is 13.8. The Balaban J connectivity index is 1.72. The maximum Gasteiger partial charge on any atom is 0.283 e. The van der Waals surface area contributed by atoms with Crippen LogP contribution in [0.2, 0.25) is 0 Å². The molecule has 0 spiro atoms. The fourth-order valence-corrected chi connectivity index (χ4v) is 2.51. The average molecular weight is 268 g/mol. The van der Waals surface area contributed by atoms with E-state index < -0.39 is 0 Å². The minimum absolute atomic E-state index is 0.349. The molecule has 0 fully saturated rings. The van der Waals surface area contributed by atoms with Crippen molar-refractivity contribution in [3.8, 4) is 0 Å². The number of pyridine rings is 1. The second kappa shape index (κ2) is 5.40. The molecular formula is C15H16N4O. The first-order valence-corrected chi connectivity index (χ1v) is 6.52. The fraction of sp³-hybridized carbons (Fsp3) is 0.200. The van der Waals surface area contributed by atoms with E-state index in [4.69, 9.17) is 5.84 Å². The molecule has 0 saturated heterocycles. The summed E-state index contributed by atoms with van der Waals surface area (Å²) in [4.78, 5) is 18.1. The Hall–Kier alpha value is -2.24. The molecule has 1 aromatic carbocycles. The highest BCUT2D eigenvalue weighted by atomic mass is 16.2. The van der Waals surface area contributed by atoms with Gasteiger partial charge in [0.1, 0.15) is 5.69 Å². The first-order valence-electron chi connectivity index (χ1n) is 6.52. The molecule has 1 aromatic heterocycles. The number of hydrazine groups is 1. The van der Waals surface area contributed by atoms with Crippen molar-refractivity contribution in [2.75, 3.05) is 0 Å². The number of nitrogen functional groups attached to an aromatic ring is 1. The fourth-order valence-electron chi connectivity index (χ4n) is 2.51. The molecule has 0 saturated carbocycles. The summed E-state index contributed by atoms with van der Waals surface area (Å²) in [5.41, 5.74) is 6.05. The zero-order chi connectivity index (χ0) is 13.9. The van der Waals surface area contributed by atoms with Crippen LogP contribution in [-0.4, -0.2) is 15.8 Å². The first kappa shape index (κ1) is 12.8. The van der Waals surface area contributed by atoms with E-state index >= 15 is 0 Å². The van der Waals surface area contributed by atoms with Crippen molar-refractivity contribution in [1.29, 1.82) is 0 Å². The molecule has 0 unspecified atom stereocenters. The molecular weight excluding hydrogens is 252 g/mol. The van der Waals surface area contributed by atoms with Crippen molar-refractivity contribution in [3.63, 3.8) is 0 Å². The largest absolute Gasteiger partial charge is 0.289 e. The molecule has 102 valence electrons. The van der Waals surface area contributed by atoms with Crippen molar-refractivity contribution in [1.82, 2.24) is 15.3 Å². The minimum atomic E-state index is -0.364. The van der Waals surface area contributed by atoms with Gasteiger partial charge in [-0.1, -0.05) is 30.3 Å². The summed E-state index contributed by atoms with van der Waals surface area (Å²) < 4.78 is 0. The van der Waals surface area contributed by atoms with Gasteiger partial charge in [-0.15, -0.1) is 0 Å². The predicted molar refractivity (Wildman–Crippen MR) is 75.3 cm³/mol. The van der Waals surface area contributed by atoms with Crippen LogP contribution in [0.15, 0.2) is 42.5 Å². The van der Waals surface area contributed by atoms with Crippen LogP contribution in [0.4, 0.5) is 0 Å². The molecule has 2 aromatic rings. The number of carbonyl (C=O) groups excluding carboxylic acids is 1. The molecule has 0 atom stereocenters. The lowest BCUT2D eigenvalue weighted by atomic mass is 10.1. The molecule has 0 aliphatic carbocycles. The number of nitrogens with one attached hydrogen (secondary N) is 1. The molecule has 20 heavy (non-hydrogen) atoms. The van der Waals surface area contributed by atoms with Gasteiger partial charge >= 0.3 is 0 Å². The van der Waals surface area contributed by atoms with Crippen LogP contribution in [0.3, 0.4) is 0 Å². The van der Waals surface area contributed by atoms with Gasteiger partial charge in [0.05, 0.1) is 5.69 Å². The van der Waals surface area contributed by atoms with Gasteiger partial charge in [-0.3, -0.25) is 15.1 Å². The van der Waals surface area contributed by atoms with Gasteiger partial charge in [-0.05, 0) is 23.3 Å². The van der Waals surface area contributed by atoms with Crippen LogP contribution < -0.4 is 11.3 Å². The quantitative estimate of drug-likeness (QED) is 0.498. The number of aromatic nitrogens is 1. The Morgan fingerprint density at radius 3 is 2.50 bits per heavy atom. The molecule has 0 radical (unpaired) electrons. The molecule has 1 amide bonds. The summed E-state index contributed by atoms with van der Waals surface area (Å²) in [6.45, 7) is 2.57. The van der Waals surface area contributed by atoms with E-state index in [1.165, 1.54) is 11.1 Å². The third kappa shape index (κ3) is 2.54. The normalized spacial score (nSPS) is 14.1. The lowest BCUT2D eigenvalue weighted by Crippen LogP contribution is -2.31. The molecule has 0 bridgehead atoms. The molecule has 1 aliphatic heterocycles. The average Bonchev–Trinajstić information content (AvgIpc) is 2.88. The SMILES string of the molecule is NNC(=O)c1cccc(CN2Cc3ccccc3C2)n1. The Bertz CT molecular complexity index is 616. The van der Waals surface area contributed by atoms with Crippen LogP contribution in [-0.2, 0) is 19.6 Å². The van der Waals surface area contributed by atoms with E-state index in [9.17, 15) is 4.79 Å². The number of amides is 1. The van der Waals surface area contributed by atoms with Crippen molar-refractivity contribution in [2.45, 2.75) is 19.6 Å². The van der Waals surface area contributed by atoms with E-state index in [-0.39, 0.29) is 5.91 Å². The summed E-state index contributed by atoms with van der Waals surface area (Å²) in [5.74, 6) is 4.76. The van der Waals surface area contributed by atoms with Gasteiger partial charge in [-0.25, -0.2) is 10.8 Å². The Morgan fingerprint density at radius 2 is 1.85 bits per heavy atom. The summed E-state index contributed by atoms with van der Waals surface area (Å²) in [6.07, 6.45) is 0. The highest BCUT2D eigenvalue weighted by molar-refractivity contribution is 5.91. The summed E-state index contributed by atoms with van der Waals surface area (Å²) in [7, 11) is 0. The topological polar surface area (TPSA) is 71.2 Å². The van der Waals surface area contributed by atoms with Gasteiger partial charge in [0.15, 0.2) is 0 Å². The van der Waals surface area contributed by atoms with Gasteiger partial charge in [0.2, 0.25) is 0 Å². The van der Waals surface area contributed by atoms with Crippen LogP contribution in [0.1, 0.15) is 27.3 Å². The Labute approximate surface area is 117 Å². The van der Waals surface area contributed by atoms with E-state index in [2.05, 4.69) is 39.6 Å². The van der Waals surface area contributed by atoms with Gasteiger partial charge < -0.3 is 0 Å². The van der Waals surface area contributed by atoms with Crippen molar-refractivity contribution in [2.24, 2.45) is 5.84 Å². The van der Waals surface area contributed by atoms with E-state index in [0.29, 0.717) is 5.69 Å². The summed E-state index contributed by atoms with van der Waals surface area (Å²) in [5, 5.41) is 0. The van der Waals surface area contributed by atoms with Crippen LogP contribution in [0.25, 0.3) is 0 Å². The monoisotopic (exact) mass is 268 g/mol. The standard InChI is InChI=1S/C15H16N4O/c16-18-15(20)14-7-3-6-13(17-14)10-19-8-11-4-1-2-5-12(11)9-19/h1-7H,8-10,16H2,(H,18,20). The molecule has 3 rings (SSSR count). The number of fused-ring (bicyclic) bond motifs is 1. The van der Waals surface area contributed by atoms with E-state index in [1.54, 1.807) is 6.07 Å². The second-order valence-corrected chi connectivity index (χ2v) is 4.90. The number of rotatable bonds is 3. The zero-order valence-electron chi connectivity index (χ0n) is 11.0. The molecule has 2 heterocycles. The van der Waals surface area contributed by atoms with Gasteiger partial charge in [-0.2, -0.15) is 0 Å². The molecule has 1 aliphatic rings. The maximum atomic E-state index is 11.5. The van der Waals surface area contributed by atoms with Crippen molar-refractivity contribution >= 4 is 5.91 Å². The Kier molecular flexibility index (Phi) is 3.45. The molecule has 3 N–H and O–H groups in total. The number of hydrogen-bond donors (Lipinski definition) is 2. The van der Waals surface area contributed by atoms with Crippen LogP contribution in [0.5, 0.6) is 0 Å². The van der Waals surface area contributed by atoms with E-state index in [0.717, 1.165) is 25.3 Å². The second-order valence-electron chi connectivity index (χ2n) is 4.90. The van der Waals surface area contributed by atoms with Gasteiger partial charge in [0.25, 0.3) is 5.91 Å².